The van der Waals surface area contributed by atoms with E-state index >= 15 is 0 Å². The Kier molecular flexibility index (Phi) is 5.44. The Balaban J connectivity index is 2.12. The summed E-state index contributed by atoms with van der Waals surface area (Å²) in [6.45, 7) is 8.22. The molecule has 0 radical (unpaired) electrons. The number of rotatable bonds is 4. The fourth-order valence-electron chi connectivity index (χ4n) is 3.06. The van der Waals surface area contributed by atoms with Crippen molar-refractivity contribution in [2.75, 3.05) is 11.5 Å². The lowest BCUT2D eigenvalue weighted by Gasteiger charge is -2.37. The number of thiophene rings is 1. The molecule has 0 bridgehead atoms. The Hall–Kier alpha value is -2.18. The van der Waals surface area contributed by atoms with E-state index in [1.807, 2.05) is 42.3 Å². The Morgan fingerprint density at radius 2 is 2.04 bits per heavy atom. The van der Waals surface area contributed by atoms with Crippen LogP contribution >= 0.6 is 23.6 Å². The van der Waals surface area contributed by atoms with Gasteiger partial charge in [0, 0.05) is 16.3 Å². The van der Waals surface area contributed by atoms with Crippen LogP contribution in [0.2, 0.25) is 0 Å². The molecule has 1 N–H and O–H groups in total. The number of ether oxygens (including phenoxy) is 1. The van der Waals surface area contributed by atoms with Gasteiger partial charge in [0.25, 0.3) is 0 Å². The minimum atomic E-state index is -0.313. The largest absolute Gasteiger partial charge is 0.463 e. The standard InChI is InChI=1S/C20H22N2O2S2/c1-5-24-19(23)17-14(4)22(15-9-8-12(2)13(3)11-15)20(25)21-18(17)16-7-6-10-26-16/h6-11,18H,5H2,1-4H3,(H,21,25)/t18-/m1/s1. The van der Waals surface area contributed by atoms with E-state index < -0.39 is 0 Å². The van der Waals surface area contributed by atoms with Crippen LogP contribution in [0.4, 0.5) is 5.69 Å². The highest BCUT2D eigenvalue weighted by Gasteiger charge is 2.35. The summed E-state index contributed by atoms with van der Waals surface area (Å²) in [4.78, 5) is 15.7. The number of hydrogen-bond acceptors (Lipinski definition) is 4. The molecule has 26 heavy (non-hydrogen) atoms. The molecule has 1 aromatic heterocycles. The number of hydrogen-bond donors (Lipinski definition) is 1. The molecular formula is C20H22N2O2S2. The fraction of sp³-hybridized carbons (Fsp3) is 0.300. The number of carbonyl (C=O) groups is 1. The van der Waals surface area contributed by atoms with Gasteiger partial charge in [-0.25, -0.2) is 4.79 Å². The van der Waals surface area contributed by atoms with Crippen molar-refractivity contribution in [3.63, 3.8) is 0 Å². The second-order valence-corrected chi connectivity index (χ2v) is 7.59. The summed E-state index contributed by atoms with van der Waals surface area (Å²) in [5.41, 5.74) is 4.73. The predicted octanol–water partition coefficient (Wildman–Crippen LogP) is 4.64. The lowest BCUT2D eigenvalue weighted by atomic mass is 9.99. The topological polar surface area (TPSA) is 41.6 Å². The zero-order chi connectivity index (χ0) is 18.8. The zero-order valence-electron chi connectivity index (χ0n) is 15.3. The number of esters is 1. The van der Waals surface area contributed by atoms with E-state index in [1.165, 1.54) is 11.1 Å². The fourth-order valence-corrected chi connectivity index (χ4v) is 4.21. The van der Waals surface area contributed by atoms with E-state index in [-0.39, 0.29) is 12.0 Å². The Morgan fingerprint density at radius 3 is 2.65 bits per heavy atom. The highest BCUT2D eigenvalue weighted by molar-refractivity contribution is 7.80. The molecule has 136 valence electrons. The number of benzene rings is 1. The summed E-state index contributed by atoms with van der Waals surface area (Å²) in [7, 11) is 0. The third-order valence-corrected chi connectivity index (χ3v) is 5.79. The third-order valence-electron chi connectivity index (χ3n) is 4.56. The molecule has 0 saturated heterocycles. The van der Waals surface area contributed by atoms with Gasteiger partial charge >= 0.3 is 5.97 Å². The lowest BCUT2D eigenvalue weighted by Crippen LogP contribution is -2.48. The van der Waals surface area contributed by atoms with Gasteiger partial charge in [0.1, 0.15) is 0 Å². The van der Waals surface area contributed by atoms with Gasteiger partial charge in [-0.05, 0) is 74.6 Å². The minimum Gasteiger partial charge on any atom is -0.463 e. The van der Waals surface area contributed by atoms with Crippen molar-refractivity contribution in [2.24, 2.45) is 0 Å². The van der Waals surface area contributed by atoms with Crippen LogP contribution in [0.25, 0.3) is 0 Å². The monoisotopic (exact) mass is 386 g/mol. The van der Waals surface area contributed by atoms with Gasteiger partial charge in [0.05, 0.1) is 18.2 Å². The molecule has 2 heterocycles. The minimum absolute atomic E-state index is 0.288. The van der Waals surface area contributed by atoms with Gasteiger partial charge in [-0.2, -0.15) is 0 Å². The molecule has 1 aliphatic heterocycles. The van der Waals surface area contributed by atoms with Crippen LogP contribution < -0.4 is 10.2 Å². The summed E-state index contributed by atoms with van der Waals surface area (Å²) < 4.78 is 5.34. The van der Waals surface area contributed by atoms with Gasteiger partial charge in [-0.15, -0.1) is 11.3 Å². The summed E-state index contributed by atoms with van der Waals surface area (Å²) in [5, 5.41) is 5.90. The second kappa shape index (κ2) is 7.60. The number of aryl methyl sites for hydroxylation is 2. The molecular weight excluding hydrogens is 364 g/mol. The lowest BCUT2D eigenvalue weighted by molar-refractivity contribution is -0.139. The van der Waals surface area contributed by atoms with Crippen LogP contribution in [0.3, 0.4) is 0 Å². The van der Waals surface area contributed by atoms with E-state index in [2.05, 4.69) is 31.3 Å². The van der Waals surface area contributed by atoms with E-state index in [0.29, 0.717) is 17.3 Å². The number of allylic oxidation sites excluding steroid dienone is 1. The van der Waals surface area contributed by atoms with Crippen molar-refractivity contribution in [3.8, 4) is 0 Å². The first kappa shape index (κ1) is 18.6. The van der Waals surface area contributed by atoms with Gasteiger partial charge in [-0.3, -0.25) is 4.90 Å². The van der Waals surface area contributed by atoms with Gasteiger partial charge < -0.3 is 10.1 Å². The van der Waals surface area contributed by atoms with Crippen LogP contribution in [0, 0.1) is 13.8 Å². The first-order chi connectivity index (χ1) is 12.4. The van der Waals surface area contributed by atoms with Crippen molar-refractivity contribution in [3.05, 3.63) is 63.0 Å². The molecule has 3 rings (SSSR count). The van der Waals surface area contributed by atoms with Crippen LogP contribution in [0.15, 0.2) is 47.0 Å². The molecule has 1 aromatic carbocycles. The number of anilines is 1. The number of nitrogens with zero attached hydrogens (tertiary/aromatic N) is 1. The highest BCUT2D eigenvalue weighted by atomic mass is 32.1. The molecule has 0 unspecified atom stereocenters. The first-order valence-electron chi connectivity index (χ1n) is 8.53. The van der Waals surface area contributed by atoms with E-state index in [1.54, 1.807) is 11.3 Å². The Morgan fingerprint density at radius 1 is 1.27 bits per heavy atom. The molecule has 0 fully saturated rings. The van der Waals surface area contributed by atoms with Crippen LogP contribution in [-0.4, -0.2) is 17.7 Å². The van der Waals surface area contributed by atoms with Crippen molar-refractivity contribution >= 4 is 40.3 Å². The van der Waals surface area contributed by atoms with E-state index in [0.717, 1.165) is 16.3 Å². The number of nitrogens with one attached hydrogen (secondary N) is 1. The molecule has 0 aliphatic carbocycles. The maximum atomic E-state index is 12.7. The molecule has 0 saturated carbocycles. The normalized spacial score (nSPS) is 17.3. The number of carbonyl (C=O) groups excluding carboxylic acids is 1. The quantitative estimate of drug-likeness (QED) is 0.612. The summed E-state index contributed by atoms with van der Waals surface area (Å²) in [6.07, 6.45) is 0. The summed E-state index contributed by atoms with van der Waals surface area (Å²) >= 11 is 7.24. The maximum Gasteiger partial charge on any atom is 0.338 e. The maximum absolute atomic E-state index is 12.7. The molecule has 1 aliphatic rings. The van der Waals surface area contributed by atoms with Crippen molar-refractivity contribution in [1.82, 2.24) is 5.32 Å². The third kappa shape index (κ3) is 3.39. The summed E-state index contributed by atoms with van der Waals surface area (Å²) in [6, 6.07) is 9.86. The number of thiocarbonyl (C=S) groups is 1. The summed E-state index contributed by atoms with van der Waals surface area (Å²) in [5.74, 6) is -0.313. The average Bonchev–Trinajstić information content (AvgIpc) is 3.12. The van der Waals surface area contributed by atoms with Crippen molar-refractivity contribution in [2.45, 2.75) is 33.7 Å². The Bertz CT molecular complexity index is 872. The molecule has 0 spiro atoms. The van der Waals surface area contributed by atoms with E-state index in [4.69, 9.17) is 17.0 Å². The van der Waals surface area contributed by atoms with E-state index in [9.17, 15) is 4.79 Å². The SMILES string of the molecule is CCOC(=O)C1=C(C)N(c2ccc(C)c(C)c2)C(=S)N[C@@H]1c1cccs1. The Labute approximate surface area is 163 Å². The second-order valence-electron chi connectivity index (χ2n) is 6.22. The van der Waals surface area contributed by atoms with Gasteiger partial charge in [0.15, 0.2) is 5.11 Å². The first-order valence-corrected chi connectivity index (χ1v) is 9.82. The van der Waals surface area contributed by atoms with Crippen LogP contribution in [0.1, 0.15) is 35.9 Å². The van der Waals surface area contributed by atoms with Gasteiger partial charge in [-0.1, -0.05) is 12.1 Å². The smallest absolute Gasteiger partial charge is 0.338 e. The van der Waals surface area contributed by atoms with Crippen LogP contribution in [-0.2, 0) is 9.53 Å². The zero-order valence-corrected chi connectivity index (χ0v) is 17.0. The van der Waals surface area contributed by atoms with Crippen LogP contribution in [0.5, 0.6) is 0 Å². The molecule has 2 aromatic rings. The predicted molar refractivity (Wildman–Crippen MR) is 111 cm³/mol. The molecule has 6 heteroatoms. The van der Waals surface area contributed by atoms with Crippen molar-refractivity contribution in [1.29, 1.82) is 0 Å². The molecule has 0 amide bonds. The molecule has 4 nitrogen and oxygen atoms in total. The average molecular weight is 387 g/mol. The molecule has 1 atom stereocenters. The highest BCUT2D eigenvalue weighted by Crippen LogP contribution is 2.36. The van der Waals surface area contributed by atoms with Gasteiger partial charge in [0.2, 0.25) is 0 Å². The van der Waals surface area contributed by atoms with Crippen molar-refractivity contribution < 1.29 is 9.53 Å².